The summed E-state index contributed by atoms with van der Waals surface area (Å²) < 4.78 is 4.97. The van der Waals surface area contributed by atoms with Crippen molar-refractivity contribution in [3.8, 4) is 0 Å². The summed E-state index contributed by atoms with van der Waals surface area (Å²) >= 11 is 0. The van der Waals surface area contributed by atoms with Crippen LogP contribution in [-0.2, 0) is 0 Å². The van der Waals surface area contributed by atoms with Crippen molar-refractivity contribution in [2.75, 3.05) is 10.7 Å². The van der Waals surface area contributed by atoms with Crippen LogP contribution in [0, 0.1) is 24.0 Å². The van der Waals surface area contributed by atoms with Crippen molar-refractivity contribution >= 4 is 23.2 Å². The maximum Gasteiger partial charge on any atom is 0.294 e. The molecular formula is C12H13N5O4. The number of amides is 1. The van der Waals surface area contributed by atoms with Gasteiger partial charge < -0.3 is 9.95 Å². The monoisotopic (exact) mass is 291 g/mol. The predicted molar refractivity (Wildman–Crippen MR) is 74.8 cm³/mol. The van der Waals surface area contributed by atoms with Gasteiger partial charge in [-0.1, -0.05) is 11.2 Å². The quantitative estimate of drug-likeness (QED) is 0.443. The lowest BCUT2D eigenvalue weighted by Crippen LogP contribution is -2.18. The summed E-state index contributed by atoms with van der Waals surface area (Å²) in [6.07, 6.45) is 0. The first-order valence-electron chi connectivity index (χ1n) is 5.94. The van der Waals surface area contributed by atoms with Crippen LogP contribution in [0.25, 0.3) is 0 Å². The largest absolute Gasteiger partial charge is 0.338 e. The summed E-state index contributed by atoms with van der Waals surface area (Å²) in [5.74, 6) is 4.88. The number of nitro benzene ring substituents is 1. The molecule has 0 unspecified atom stereocenters. The highest BCUT2D eigenvalue weighted by atomic mass is 16.6. The zero-order chi connectivity index (χ0) is 15.6. The molecule has 1 amide bonds. The Labute approximate surface area is 119 Å². The molecule has 1 heterocycles. The van der Waals surface area contributed by atoms with Gasteiger partial charge in [0.15, 0.2) is 0 Å². The zero-order valence-electron chi connectivity index (χ0n) is 11.3. The van der Waals surface area contributed by atoms with Gasteiger partial charge in [-0.25, -0.2) is 0 Å². The van der Waals surface area contributed by atoms with Gasteiger partial charge in [0.1, 0.15) is 5.69 Å². The molecule has 0 aliphatic heterocycles. The van der Waals surface area contributed by atoms with Crippen LogP contribution in [0.1, 0.15) is 21.6 Å². The van der Waals surface area contributed by atoms with Crippen LogP contribution in [0.4, 0.5) is 17.3 Å². The van der Waals surface area contributed by atoms with Crippen molar-refractivity contribution < 1.29 is 14.2 Å². The molecular weight excluding hydrogens is 278 g/mol. The molecule has 0 aliphatic carbocycles. The van der Waals surface area contributed by atoms with Gasteiger partial charge in [-0.05, 0) is 19.9 Å². The van der Waals surface area contributed by atoms with E-state index in [-0.39, 0.29) is 22.8 Å². The third kappa shape index (κ3) is 2.67. The van der Waals surface area contributed by atoms with Crippen molar-refractivity contribution in [1.82, 2.24) is 5.16 Å². The number of nitrogens with zero attached hydrogens (tertiary/aromatic N) is 2. The third-order valence-corrected chi connectivity index (χ3v) is 3.01. The van der Waals surface area contributed by atoms with Crippen molar-refractivity contribution in [3.63, 3.8) is 0 Å². The molecule has 2 aromatic rings. The van der Waals surface area contributed by atoms with Gasteiger partial charge in [-0.3, -0.25) is 26.1 Å². The average molecular weight is 291 g/mol. The molecule has 9 heteroatoms. The number of hydrogen-bond acceptors (Lipinski definition) is 7. The third-order valence-electron chi connectivity index (χ3n) is 3.01. The summed E-state index contributed by atoms with van der Waals surface area (Å²) in [5, 5.41) is 17.1. The summed E-state index contributed by atoms with van der Waals surface area (Å²) in [5.41, 5.74) is 3.16. The molecule has 0 radical (unpaired) electrons. The van der Waals surface area contributed by atoms with Gasteiger partial charge in [-0.2, -0.15) is 0 Å². The number of nitrogen functional groups attached to an aromatic ring is 1. The minimum absolute atomic E-state index is 0.0279. The number of hydrogen-bond donors (Lipinski definition) is 3. The highest BCUT2D eigenvalue weighted by Crippen LogP contribution is 2.28. The molecule has 110 valence electrons. The van der Waals surface area contributed by atoms with E-state index < -0.39 is 10.8 Å². The first kappa shape index (κ1) is 14.5. The summed E-state index contributed by atoms with van der Waals surface area (Å²) in [7, 11) is 0. The molecule has 0 atom stereocenters. The van der Waals surface area contributed by atoms with E-state index in [1.807, 2.05) is 0 Å². The van der Waals surface area contributed by atoms with E-state index in [0.29, 0.717) is 11.3 Å². The molecule has 2 rings (SSSR count). The van der Waals surface area contributed by atoms with Gasteiger partial charge in [-0.15, -0.1) is 0 Å². The molecule has 0 fully saturated rings. The molecule has 0 spiro atoms. The van der Waals surface area contributed by atoms with Gasteiger partial charge in [0, 0.05) is 11.6 Å². The second-order valence-corrected chi connectivity index (χ2v) is 4.28. The number of carbonyl (C=O) groups is 1. The number of aryl methyl sites for hydroxylation is 1. The Morgan fingerprint density at radius 2 is 2.14 bits per heavy atom. The Kier molecular flexibility index (Phi) is 3.85. The second-order valence-electron chi connectivity index (χ2n) is 4.28. The molecule has 1 aromatic carbocycles. The molecule has 0 saturated heterocycles. The van der Waals surface area contributed by atoms with Crippen LogP contribution < -0.4 is 16.6 Å². The standard InChI is InChI=1S/C12H13N5O4/c1-6-7(2)16-21-12(6)14-11(18)8-4-3-5-9(17(19)20)10(8)15-13/h3-5,15H,13H2,1-2H3,(H,14,18). The number of hydrazine groups is 1. The molecule has 21 heavy (non-hydrogen) atoms. The highest BCUT2D eigenvalue weighted by Gasteiger charge is 2.22. The Morgan fingerprint density at radius 3 is 2.67 bits per heavy atom. The Morgan fingerprint density at radius 1 is 1.43 bits per heavy atom. The molecule has 9 nitrogen and oxygen atoms in total. The van der Waals surface area contributed by atoms with Crippen molar-refractivity contribution in [2.24, 2.45) is 5.84 Å². The SMILES string of the molecule is Cc1noc(NC(=O)c2cccc([N+](=O)[O-])c2NN)c1C. The van der Waals surface area contributed by atoms with E-state index in [2.05, 4.69) is 15.9 Å². The average Bonchev–Trinajstić information content (AvgIpc) is 2.78. The van der Waals surface area contributed by atoms with Crippen LogP contribution in [0.5, 0.6) is 0 Å². The Balaban J connectivity index is 2.37. The lowest BCUT2D eigenvalue weighted by atomic mass is 10.1. The van der Waals surface area contributed by atoms with E-state index in [4.69, 9.17) is 10.4 Å². The molecule has 1 aromatic heterocycles. The molecule has 4 N–H and O–H groups in total. The minimum Gasteiger partial charge on any atom is -0.338 e. The number of nitrogens with two attached hydrogens (primary N) is 1. The fourth-order valence-corrected chi connectivity index (χ4v) is 1.74. The highest BCUT2D eigenvalue weighted by molar-refractivity contribution is 6.09. The molecule has 0 saturated carbocycles. The second kappa shape index (κ2) is 5.59. The predicted octanol–water partition coefficient (Wildman–Crippen LogP) is 1.74. The van der Waals surface area contributed by atoms with Gasteiger partial charge in [0.25, 0.3) is 11.6 Å². The van der Waals surface area contributed by atoms with Gasteiger partial charge >= 0.3 is 0 Å². The molecule has 0 bridgehead atoms. The summed E-state index contributed by atoms with van der Waals surface area (Å²) in [6.45, 7) is 3.46. The first-order chi connectivity index (χ1) is 9.95. The summed E-state index contributed by atoms with van der Waals surface area (Å²) in [6, 6.07) is 4.05. The van der Waals surface area contributed by atoms with E-state index in [1.54, 1.807) is 13.8 Å². The van der Waals surface area contributed by atoms with Crippen LogP contribution >= 0.6 is 0 Å². The van der Waals surface area contributed by atoms with E-state index in [0.717, 1.165) is 0 Å². The number of nitrogens with one attached hydrogen (secondary N) is 2. The van der Waals surface area contributed by atoms with Crippen molar-refractivity contribution in [3.05, 3.63) is 45.1 Å². The number of benzene rings is 1. The van der Waals surface area contributed by atoms with Gasteiger partial charge in [0.2, 0.25) is 5.88 Å². The van der Waals surface area contributed by atoms with Crippen molar-refractivity contribution in [1.29, 1.82) is 0 Å². The lowest BCUT2D eigenvalue weighted by molar-refractivity contribution is -0.384. The number of nitro groups is 1. The summed E-state index contributed by atoms with van der Waals surface area (Å²) in [4.78, 5) is 22.5. The molecule has 0 aliphatic rings. The van der Waals surface area contributed by atoms with Crippen molar-refractivity contribution in [2.45, 2.75) is 13.8 Å². The fourth-order valence-electron chi connectivity index (χ4n) is 1.74. The zero-order valence-corrected chi connectivity index (χ0v) is 11.3. The smallest absolute Gasteiger partial charge is 0.294 e. The Bertz CT molecular complexity index is 710. The Hall–Kier alpha value is -2.94. The first-order valence-corrected chi connectivity index (χ1v) is 5.94. The van der Waals surface area contributed by atoms with Crippen LogP contribution in [0.2, 0.25) is 0 Å². The van der Waals surface area contributed by atoms with Crippen LogP contribution in [0.15, 0.2) is 22.7 Å². The number of rotatable bonds is 4. The van der Waals surface area contributed by atoms with E-state index in [1.165, 1.54) is 18.2 Å². The number of para-hydroxylation sites is 1. The number of anilines is 2. The fraction of sp³-hybridized carbons (Fsp3) is 0.167. The normalized spacial score (nSPS) is 10.2. The van der Waals surface area contributed by atoms with E-state index >= 15 is 0 Å². The topological polar surface area (TPSA) is 136 Å². The number of carbonyl (C=O) groups excluding carboxylic acids is 1. The lowest BCUT2D eigenvalue weighted by Gasteiger charge is -2.08. The number of aromatic nitrogens is 1. The van der Waals surface area contributed by atoms with E-state index in [9.17, 15) is 14.9 Å². The maximum atomic E-state index is 12.2. The van der Waals surface area contributed by atoms with Gasteiger partial charge in [0.05, 0.1) is 16.2 Å². The minimum atomic E-state index is -0.629. The van der Waals surface area contributed by atoms with Crippen LogP contribution in [-0.4, -0.2) is 16.0 Å². The maximum absolute atomic E-state index is 12.2. The van der Waals surface area contributed by atoms with Crippen LogP contribution in [0.3, 0.4) is 0 Å².